The molecule has 7 nitrogen and oxygen atoms in total. The van der Waals surface area contributed by atoms with Crippen molar-refractivity contribution in [2.45, 2.75) is 46.0 Å². The van der Waals surface area contributed by atoms with Gasteiger partial charge in [0.2, 0.25) is 11.8 Å². The van der Waals surface area contributed by atoms with Crippen LogP contribution in [0.5, 0.6) is 0 Å². The van der Waals surface area contributed by atoms with Crippen molar-refractivity contribution < 1.29 is 9.59 Å². The van der Waals surface area contributed by atoms with Crippen molar-refractivity contribution in [1.29, 1.82) is 5.26 Å². The lowest BCUT2D eigenvalue weighted by Gasteiger charge is -2.05. The summed E-state index contributed by atoms with van der Waals surface area (Å²) in [5, 5.41) is 14.2. The summed E-state index contributed by atoms with van der Waals surface area (Å²) in [6, 6.07) is 9.73. The van der Waals surface area contributed by atoms with Crippen molar-refractivity contribution in [1.82, 2.24) is 10.3 Å². The number of nitriles is 1. The van der Waals surface area contributed by atoms with Crippen molar-refractivity contribution in [2.24, 2.45) is 4.99 Å². The molecule has 0 atom stereocenters. The van der Waals surface area contributed by atoms with Gasteiger partial charge in [0.1, 0.15) is 10.9 Å². The fourth-order valence-corrected chi connectivity index (χ4v) is 3.26. The normalized spacial score (nSPS) is 11.3. The number of amides is 2. The molecule has 1 aromatic carbocycles. The molecule has 2 rings (SSSR count). The summed E-state index contributed by atoms with van der Waals surface area (Å²) < 4.78 is 0. The zero-order chi connectivity index (χ0) is 22.5. The molecule has 2 N–H and O–H groups in total. The summed E-state index contributed by atoms with van der Waals surface area (Å²) in [5.74, 6) is -0.831. The molecular weight excluding hydrogens is 410 g/mol. The fraction of sp³-hybridized carbons (Fsp3) is 0.348. The van der Waals surface area contributed by atoms with Crippen LogP contribution in [0.1, 0.15) is 55.0 Å². The first-order valence-corrected chi connectivity index (χ1v) is 11.1. The van der Waals surface area contributed by atoms with E-state index in [1.165, 1.54) is 25.1 Å². The average Bonchev–Trinajstić information content (AvgIpc) is 3.22. The molecule has 31 heavy (non-hydrogen) atoms. The number of nitrogens with one attached hydrogen (secondary N) is 2. The van der Waals surface area contributed by atoms with Crippen LogP contribution in [0.15, 0.2) is 41.5 Å². The summed E-state index contributed by atoms with van der Waals surface area (Å²) in [4.78, 5) is 33.2. The third kappa shape index (κ3) is 8.93. The Balaban J connectivity index is 1.97. The number of carbonyl (C=O) groups excluding carboxylic acids is 2. The van der Waals surface area contributed by atoms with E-state index in [0.717, 1.165) is 41.7 Å². The van der Waals surface area contributed by atoms with E-state index in [4.69, 9.17) is 5.26 Å². The maximum absolute atomic E-state index is 12.4. The summed E-state index contributed by atoms with van der Waals surface area (Å²) in [7, 11) is 0. The Labute approximate surface area is 186 Å². The standard InChI is InChI=1S/C23H27N5O2S/c1-3-4-5-6-7-12-25-20(18-10-8-17(2)9-11-18)13-21(29)26-16-22(30)28-23-27-15-19(14-24)31-23/h8-13,15H,3-7,16H2,1-2H3,(H,26,29)(H,27,28,30)/b20-13-,25-12?. The number of aromatic nitrogens is 1. The second-order valence-electron chi connectivity index (χ2n) is 6.96. The van der Waals surface area contributed by atoms with Gasteiger partial charge in [0, 0.05) is 17.9 Å². The third-order valence-electron chi connectivity index (χ3n) is 4.32. The van der Waals surface area contributed by atoms with E-state index < -0.39 is 11.8 Å². The van der Waals surface area contributed by atoms with Crippen molar-refractivity contribution in [2.75, 3.05) is 11.9 Å². The number of carbonyl (C=O) groups is 2. The molecule has 1 heterocycles. The van der Waals surface area contributed by atoms with E-state index in [-0.39, 0.29) is 6.54 Å². The lowest BCUT2D eigenvalue weighted by Crippen LogP contribution is -2.31. The third-order valence-corrected chi connectivity index (χ3v) is 5.14. The molecule has 0 aliphatic rings. The number of benzene rings is 1. The van der Waals surface area contributed by atoms with E-state index >= 15 is 0 Å². The Morgan fingerprint density at radius 3 is 2.68 bits per heavy atom. The van der Waals surface area contributed by atoms with E-state index in [1.54, 1.807) is 0 Å². The van der Waals surface area contributed by atoms with E-state index in [9.17, 15) is 9.59 Å². The first kappa shape index (κ1) is 24.0. The number of hydrogen-bond acceptors (Lipinski definition) is 6. The number of nitrogens with zero attached hydrogens (tertiary/aromatic N) is 3. The fourth-order valence-electron chi connectivity index (χ4n) is 2.63. The number of aryl methyl sites for hydroxylation is 1. The Kier molecular flexibility index (Phi) is 10.1. The number of anilines is 1. The molecule has 0 saturated heterocycles. The monoisotopic (exact) mass is 437 g/mol. The largest absolute Gasteiger partial charge is 0.343 e. The van der Waals surface area contributed by atoms with Gasteiger partial charge < -0.3 is 10.6 Å². The number of rotatable bonds is 11. The van der Waals surface area contributed by atoms with Gasteiger partial charge in [-0.1, -0.05) is 67.4 Å². The minimum absolute atomic E-state index is 0.210. The second kappa shape index (κ2) is 13.1. The predicted molar refractivity (Wildman–Crippen MR) is 125 cm³/mol. The van der Waals surface area contributed by atoms with Crippen LogP contribution >= 0.6 is 11.3 Å². The van der Waals surface area contributed by atoms with Crippen LogP contribution in [0.4, 0.5) is 5.13 Å². The zero-order valence-corrected chi connectivity index (χ0v) is 18.7. The highest BCUT2D eigenvalue weighted by atomic mass is 32.1. The van der Waals surface area contributed by atoms with Crippen LogP contribution in [-0.2, 0) is 9.59 Å². The second-order valence-corrected chi connectivity index (χ2v) is 7.99. The minimum Gasteiger partial charge on any atom is -0.343 e. The highest BCUT2D eigenvalue weighted by Gasteiger charge is 2.09. The Hall–Kier alpha value is -3.31. The molecule has 0 saturated carbocycles. The van der Waals surface area contributed by atoms with E-state index in [2.05, 4.69) is 27.5 Å². The lowest BCUT2D eigenvalue weighted by atomic mass is 10.1. The van der Waals surface area contributed by atoms with E-state index in [1.807, 2.05) is 43.5 Å². The van der Waals surface area contributed by atoms with Gasteiger partial charge >= 0.3 is 0 Å². The summed E-state index contributed by atoms with van der Waals surface area (Å²) in [6.07, 6.45) is 10.1. The number of unbranched alkanes of at least 4 members (excludes halogenated alkanes) is 4. The Bertz CT molecular complexity index is 971. The van der Waals surface area contributed by atoms with Gasteiger partial charge in [0.05, 0.1) is 18.4 Å². The molecule has 2 aromatic rings. The molecule has 1 aromatic heterocycles. The van der Waals surface area contributed by atoms with Gasteiger partial charge in [-0.3, -0.25) is 14.6 Å². The Morgan fingerprint density at radius 2 is 2.00 bits per heavy atom. The topological polar surface area (TPSA) is 107 Å². The molecule has 2 amide bonds. The molecule has 0 aliphatic heterocycles. The molecule has 0 spiro atoms. The van der Waals surface area contributed by atoms with Gasteiger partial charge in [-0.2, -0.15) is 5.26 Å². The van der Waals surface area contributed by atoms with Gasteiger partial charge in [-0.15, -0.1) is 0 Å². The number of thiazole rings is 1. The van der Waals surface area contributed by atoms with Crippen LogP contribution in [-0.4, -0.2) is 29.6 Å². The van der Waals surface area contributed by atoms with Crippen molar-refractivity contribution in [3.8, 4) is 6.07 Å². The van der Waals surface area contributed by atoms with E-state index in [0.29, 0.717) is 15.7 Å². The van der Waals surface area contributed by atoms with Gasteiger partial charge in [0.25, 0.3) is 0 Å². The minimum atomic E-state index is -0.420. The molecule has 0 unspecified atom stereocenters. The van der Waals surface area contributed by atoms with Crippen molar-refractivity contribution in [3.63, 3.8) is 0 Å². The molecule has 162 valence electrons. The van der Waals surface area contributed by atoms with Crippen molar-refractivity contribution in [3.05, 3.63) is 52.5 Å². The van der Waals surface area contributed by atoms with Crippen LogP contribution in [0, 0.1) is 18.3 Å². The Morgan fingerprint density at radius 1 is 1.23 bits per heavy atom. The summed E-state index contributed by atoms with van der Waals surface area (Å²) >= 11 is 1.07. The lowest BCUT2D eigenvalue weighted by molar-refractivity contribution is -0.121. The van der Waals surface area contributed by atoms with Gasteiger partial charge in [-0.25, -0.2) is 4.98 Å². The molecule has 0 radical (unpaired) electrons. The zero-order valence-electron chi connectivity index (χ0n) is 17.9. The maximum atomic E-state index is 12.4. The molecule has 0 fully saturated rings. The quantitative estimate of drug-likeness (QED) is 0.307. The van der Waals surface area contributed by atoms with Gasteiger partial charge in [0.15, 0.2) is 5.13 Å². The van der Waals surface area contributed by atoms with Crippen LogP contribution in [0.3, 0.4) is 0 Å². The maximum Gasteiger partial charge on any atom is 0.246 e. The molecule has 8 heteroatoms. The first-order valence-electron chi connectivity index (χ1n) is 10.3. The molecular formula is C23H27N5O2S. The number of aliphatic imine (C=N–C) groups is 1. The molecule has 0 bridgehead atoms. The first-order chi connectivity index (χ1) is 15.0. The summed E-state index contributed by atoms with van der Waals surface area (Å²) in [6.45, 7) is 3.96. The van der Waals surface area contributed by atoms with Crippen molar-refractivity contribution >= 4 is 40.2 Å². The van der Waals surface area contributed by atoms with Crippen LogP contribution < -0.4 is 10.6 Å². The highest BCUT2D eigenvalue weighted by Crippen LogP contribution is 2.17. The summed E-state index contributed by atoms with van der Waals surface area (Å²) in [5.41, 5.74) is 2.50. The predicted octanol–water partition coefficient (Wildman–Crippen LogP) is 4.46. The SMILES string of the molecule is CCCCCCC=N/C(=C\C(=O)NCC(=O)Nc1ncc(C#N)s1)c1ccc(C)cc1. The average molecular weight is 438 g/mol. The van der Waals surface area contributed by atoms with Crippen LogP contribution in [0.25, 0.3) is 5.70 Å². The number of hydrogen-bond donors (Lipinski definition) is 2. The molecule has 0 aliphatic carbocycles. The van der Waals surface area contributed by atoms with Gasteiger partial charge in [-0.05, 0) is 19.8 Å². The highest BCUT2D eigenvalue weighted by molar-refractivity contribution is 7.16. The smallest absolute Gasteiger partial charge is 0.246 e. The van der Waals surface area contributed by atoms with Crippen LogP contribution in [0.2, 0.25) is 0 Å².